The van der Waals surface area contributed by atoms with Gasteiger partial charge in [0.05, 0.1) is 0 Å². The lowest BCUT2D eigenvalue weighted by molar-refractivity contribution is 0.120. The Bertz CT molecular complexity index is 464. The number of fused-ring (bicyclic) bond motifs is 1. The van der Waals surface area contributed by atoms with Crippen molar-refractivity contribution in [2.24, 2.45) is 0 Å². The topological polar surface area (TPSA) is 21.8 Å². The summed E-state index contributed by atoms with van der Waals surface area (Å²) in [6.07, 6.45) is 1.18. The van der Waals surface area contributed by atoms with E-state index < -0.39 is 0 Å². The minimum atomic E-state index is 1.10. The molecule has 116 valence electrons. The van der Waals surface area contributed by atoms with Crippen molar-refractivity contribution in [3.05, 3.63) is 29.3 Å². The molecular weight excluding hydrogens is 260 g/mol. The molecule has 0 aliphatic carbocycles. The van der Waals surface area contributed by atoms with Crippen molar-refractivity contribution in [3.8, 4) is 0 Å². The van der Waals surface area contributed by atoms with Crippen molar-refractivity contribution < 1.29 is 0 Å². The largest absolute Gasteiger partial charge is 0.384 e. The van der Waals surface area contributed by atoms with Crippen LogP contribution in [0.4, 0.5) is 5.69 Å². The van der Waals surface area contributed by atoms with Gasteiger partial charge in [0, 0.05) is 58.0 Å². The maximum Gasteiger partial charge on any atom is 0.0373 e. The highest BCUT2D eigenvalue weighted by atomic mass is 15.3. The van der Waals surface area contributed by atoms with Crippen LogP contribution >= 0.6 is 0 Å². The van der Waals surface area contributed by atoms with E-state index >= 15 is 0 Å². The molecule has 3 rings (SSSR count). The Balaban J connectivity index is 1.47. The molecule has 0 atom stereocenters. The second-order valence-corrected chi connectivity index (χ2v) is 6.59. The summed E-state index contributed by atoms with van der Waals surface area (Å²) >= 11 is 0. The van der Waals surface area contributed by atoms with Gasteiger partial charge in [-0.15, -0.1) is 0 Å². The predicted molar refractivity (Wildman–Crippen MR) is 88.9 cm³/mol. The van der Waals surface area contributed by atoms with E-state index in [-0.39, 0.29) is 0 Å². The number of hydrogen-bond donors (Lipinski definition) is 1. The fourth-order valence-corrected chi connectivity index (χ4v) is 3.23. The number of nitrogens with zero attached hydrogens (tertiary/aromatic N) is 3. The number of rotatable bonds is 5. The molecule has 0 unspecified atom stereocenters. The molecule has 2 aliphatic rings. The molecule has 4 heteroatoms. The molecule has 0 saturated carbocycles. The number of piperazine rings is 1. The van der Waals surface area contributed by atoms with Crippen molar-refractivity contribution in [2.45, 2.75) is 13.0 Å². The number of benzene rings is 1. The molecule has 0 bridgehead atoms. The zero-order chi connectivity index (χ0) is 14.7. The summed E-state index contributed by atoms with van der Waals surface area (Å²) in [5, 5.41) is 3.44. The molecular formula is C17H28N4. The summed E-state index contributed by atoms with van der Waals surface area (Å²) in [7, 11) is 4.30. The lowest BCUT2D eigenvalue weighted by Gasteiger charge is -2.35. The molecule has 1 saturated heterocycles. The predicted octanol–water partition coefficient (Wildman–Crippen LogP) is 1.33. The molecule has 4 nitrogen and oxygen atoms in total. The molecule has 0 radical (unpaired) electrons. The normalized spacial score (nSPS) is 19.8. The highest BCUT2D eigenvalue weighted by Crippen LogP contribution is 2.23. The summed E-state index contributed by atoms with van der Waals surface area (Å²) in [5.74, 6) is 0. The van der Waals surface area contributed by atoms with Crippen molar-refractivity contribution in [3.63, 3.8) is 0 Å². The Morgan fingerprint density at radius 2 is 1.86 bits per heavy atom. The van der Waals surface area contributed by atoms with Gasteiger partial charge in [-0.3, -0.25) is 9.80 Å². The van der Waals surface area contributed by atoms with Gasteiger partial charge in [0.25, 0.3) is 0 Å². The summed E-state index contributed by atoms with van der Waals surface area (Å²) in [6.45, 7) is 9.38. The second-order valence-electron chi connectivity index (χ2n) is 6.59. The van der Waals surface area contributed by atoms with E-state index in [0.717, 1.165) is 19.6 Å². The number of likely N-dealkylation sites (N-methyl/N-ethyl adjacent to an activating group) is 1. The first-order valence-electron chi connectivity index (χ1n) is 8.16. The maximum atomic E-state index is 3.44. The standard InChI is InChI=1S/C17H28N4/c1-19(2)7-8-20-9-11-21(12-10-20)14-15-3-4-17-16(13-15)5-6-18-17/h3-4,13,18H,5-12,14H2,1-2H3. The van der Waals surface area contributed by atoms with Gasteiger partial charge in [-0.05, 0) is 37.7 Å². The Morgan fingerprint density at radius 3 is 2.62 bits per heavy atom. The molecule has 0 spiro atoms. The second kappa shape index (κ2) is 6.77. The maximum absolute atomic E-state index is 3.44. The van der Waals surface area contributed by atoms with E-state index in [1.165, 1.54) is 56.0 Å². The van der Waals surface area contributed by atoms with Gasteiger partial charge in [-0.1, -0.05) is 12.1 Å². The van der Waals surface area contributed by atoms with Gasteiger partial charge in [0.15, 0.2) is 0 Å². The van der Waals surface area contributed by atoms with E-state index in [1.807, 2.05) is 0 Å². The van der Waals surface area contributed by atoms with Gasteiger partial charge < -0.3 is 10.2 Å². The molecule has 2 heterocycles. The monoisotopic (exact) mass is 288 g/mol. The Labute approximate surface area is 128 Å². The Morgan fingerprint density at radius 1 is 1.10 bits per heavy atom. The first-order valence-corrected chi connectivity index (χ1v) is 8.16. The van der Waals surface area contributed by atoms with Gasteiger partial charge in [0.2, 0.25) is 0 Å². The number of hydrogen-bond acceptors (Lipinski definition) is 4. The van der Waals surface area contributed by atoms with Crippen LogP contribution in [0.3, 0.4) is 0 Å². The fourth-order valence-electron chi connectivity index (χ4n) is 3.23. The molecule has 1 aromatic rings. The van der Waals surface area contributed by atoms with Crippen LogP contribution < -0.4 is 5.32 Å². The van der Waals surface area contributed by atoms with Crippen LogP contribution in [0.25, 0.3) is 0 Å². The minimum Gasteiger partial charge on any atom is -0.384 e. The zero-order valence-corrected chi connectivity index (χ0v) is 13.4. The number of anilines is 1. The lowest BCUT2D eigenvalue weighted by Crippen LogP contribution is -2.47. The van der Waals surface area contributed by atoms with Gasteiger partial charge in [-0.25, -0.2) is 0 Å². The van der Waals surface area contributed by atoms with E-state index in [4.69, 9.17) is 0 Å². The summed E-state index contributed by atoms with van der Waals surface area (Å²) in [5.41, 5.74) is 4.31. The van der Waals surface area contributed by atoms with Crippen molar-refractivity contribution in [2.75, 3.05) is 65.2 Å². The molecule has 1 fully saturated rings. The van der Waals surface area contributed by atoms with Crippen LogP contribution in [0.5, 0.6) is 0 Å². The SMILES string of the molecule is CN(C)CCN1CCN(Cc2ccc3c(c2)CCN3)CC1. The molecule has 0 amide bonds. The average molecular weight is 288 g/mol. The van der Waals surface area contributed by atoms with Crippen molar-refractivity contribution in [1.29, 1.82) is 0 Å². The molecule has 0 aromatic heterocycles. The first kappa shape index (κ1) is 14.8. The Hall–Kier alpha value is -1.10. The minimum absolute atomic E-state index is 1.10. The highest BCUT2D eigenvalue weighted by Gasteiger charge is 2.17. The smallest absolute Gasteiger partial charge is 0.0373 e. The van der Waals surface area contributed by atoms with Crippen molar-refractivity contribution >= 4 is 5.69 Å². The van der Waals surface area contributed by atoms with E-state index in [9.17, 15) is 0 Å². The quantitative estimate of drug-likeness (QED) is 0.882. The third kappa shape index (κ3) is 3.96. The third-order valence-electron chi connectivity index (χ3n) is 4.61. The molecule has 1 N–H and O–H groups in total. The summed E-state index contributed by atoms with van der Waals surface area (Å²) < 4.78 is 0. The fraction of sp³-hybridized carbons (Fsp3) is 0.647. The first-order chi connectivity index (χ1) is 10.2. The Kier molecular flexibility index (Phi) is 4.78. The van der Waals surface area contributed by atoms with Gasteiger partial charge >= 0.3 is 0 Å². The summed E-state index contributed by atoms with van der Waals surface area (Å²) in [6, 6.07) is 6.94. The highest BCUT2D eigenvalue weighted by molar-refractivity contribution is 5.56. The van der Waals surface area contributed by atoms with Crippen LogP contribution in [0, 0.1) is 0 Å². The van der Waals surface area contributed by atoms with Gasteiger partial charge in [0.1, 0.15) is 0 Å². The van der Waals surface area contributed by atoms with Crippen LogP contribution in [-0.4, -0.2) is 74.6 Å². The van der Waals surface area contributed by atoms with E-state index in [2.05, 4.69) is 52.3 Å². The number of nitrogens with one attached hydrogen (secondary N) is 1. The molecule has 2 aliphatic heterocycles. The van der Waals surface area contributed by atoms with E-state index in [1.54, 1.807) is 0 Å². The van der Waals surface area contributed by atoms with Gasteiger partial charge in [-0.2, -0.15) is 0 Å². The van der Waals surface area contributed by atoms with Crippen LogP contribution in [0.15, 0.2) is 18.2 Å². The average Bonchev–Trinajstić information content (AvgIpc) is 2.94. The molecule has 21 heavy (non-hydrogen) atoms. The lowest BCUT2D eigenvalue weighted by atomic mass is 10.1. The van der Waals surface area contributed by atoms with Crippen LogP contribution in [-0.2, 0) is 13.0 Å². The van der Waals surface area contributed by atoms with E-state index in [0.29, 0.717) is 0 Å². The van der Waals surface area contributed by atoms with Crippen LogP contribution in [0.1, 0.15) is 11.1 Å². The van der Waals surface area contributed by atoms with Crippen LogP contribution in [0.2, 0.25) is 0 Å². The zero-order valence-electron chi connectivity index (χ0n) is 13.4. The van der Waals surface area contributed by atoms with Crippen molar-refractivity contribution in [1.82, 2.24) is 14.7 Å². The summed E-state index contributed by atoms with van der Waals surface area (Å²) in [4.78, 5) is 7.45. The third-order valence-corrected chi connectivity index (χ3v) is 4.61. The molecule has 1 aromatic carbocycles.